The highest BCUT2D eigenvalue weighted by molar-refractivity contribution is 5.67. The number of pyridine rings is 1. The van der Waals surface area contributed by atoms with Crippen LogP contribution in [-0.4, -0.2) is 77.5 Å². The van der Waals surface area contributed by atoms with Crippen molar-refractivity contribution in [2.75, 3.05) is 62.8 Å². The average molecular weight is 503 g/mol. The molecule has 2 N–H and O–H groups in total. The van der Waals surface area contributed by atoms with E-state index in [2.05, 4.69) is 49.4 Å². The van der Waals surface area contributed by atoms with E-state index in [4.69, 9.17) is 14.5 Å². The summed E-state index contributed by atoms with van der Waals surface area (Å²) in [5.74, 6) is 1.11. The van der Waals surface area contributed by atoms with Gasteiger partial charge in [0.15, 0.2) is 0 Å². The van der Waals surface area contributed by atoms with Crippen LogP contribution in [0.2, 0.25) is 0 Å². The second kappa shape index (κ2) is 12.1. The molecule has 0 atom stereocenters. The maximum absolute atomic E-state index is 9.27. The van der Waals surface area contributed by atoms with E-state index in [1.54, 1.807) is 6.20 Å². The number of piperazine rings is 1. The molecule has 3 aromatic rings. The quantitative estimate of drug-likeness (QED) is 0.521. The van der Waals surface area contributed by atoms with Crippen molar-refractivity contribution in [3.8, 4) is 17.1 Å². The third-order valence-electron chi connectivity index (χ3n) is 6.62. The molecule has 194 valence electrons. The number of nitrogens with zero attached hydrogens (tertiary/aromatic N) is 5. The van der Waals surface area contributed by atoms with Gasteiger partial charge in [-0.05, 0) is 43.2 Å². The summed E-state index contributed by atoms with van der Waals surface area (Å²) in [6, 6.07) is 10.2. The van der Waals surface area contributed by atoms with Gasteiger partial charge in [-0.15, -0.1) is 0 Å². The normalized spacial score (nSPS) is 17.7. The molecule has 4 heterocycles. The molecule has 6 bridgehead atoms. The highest BCUT2D eigenvalue weighted by Gasteiger charge is 2.19. The molecule has 2 aromatic heterocycles. The molecule has 0 unspecified atom stereocenters. The van der Waals surface area contributed by atoms with Gasteiger partial charge in [-0.25, -0.2) is 15.0 Å². The molecule has 9 heteroatoms. The molecule has 0 amide bonds. The first-order valence-corrected chi connectivity index (χ1v) is 12.8. The lowest BCUT2D eigenvalue weighted by atomic mass is 10.1. The Labute approximate surface area is 217 Å². The minimum Gasteiger partial charge on any atom is -0.477 e. The van der Waals surface area contributed by atoms with E-state index in [1.165, 1.54) is 5.69 Å². The van der Waals surface area contributed by atoms with Crippen LogP contribution < -0.4 is 15.0 Å². The maximum atomic E-state index is 9.27. The Morgan fingerprint density at radius 1 is 1.05 bits per heavy atom. The van der Waals surface area contributed by atoms with Gasteiger partial charge in [-0.1, -0.05) is 12.2 Å². The summed E-state index contributed by atoms with van der Waals surface area (Å²) < 4.78 is 11.9. The van der Waals surface area contributed by atoms with E-state index in [-0.39, 0.29) is 6.61 Å². The van der Waals surface area contributed by atoms with E-state index < -0.39 is 0 Å². The zero-order valence-corrected chi connectivity index (χ0v) is 21.3. The first-order chi connectivity index (χ1) is 18.2. The zero-order chi connectivity index (χ0) is 25.5. The minimum absolute atomic E-state index is 0.199. The molecule has 0 saturated carbocycles. The standard InChI is InChI=1S/C28H34N6O3/c1-21-19-30-28-31-24-5-6-25(34-11-9-33(10-12-34)13-14-35)23(17-24)20-36-15-3-2-4-16-37-26-18-22(7-8-29-26)27(21)32-28/h2-3,5-8,17-19,35H,4,9-16,20H2,1H3,(H,30,31,32)/b3-2+. The topological polar surface area (TPSA) is 95.9 Å². The zero-order valence-electron chi connectivity index (χ0n) is 21.3. The largest absolute Gasteiger partial charge is 0.477 e. The number of β-amino-alcohol motifs (C(OH)–C–C–N with tert-alkyl or cyclic N) is 1. The summed E-state index contributed by atoms with van der Waals surface area (Å²) in [4.78, 5) is 18.4. The van der Waals surface area contributed by atoms with E-state index >= 15 is 0 Å². The van der Waals surface area contributed by atoms with E-state index in [0.717, 1.165) is 67.2 Å². The third kappa shape index (κ3) is 6.43. The van der Waals surface area contributed by atoms with Crippen molar-refractivity contribution in [3.05, 3.63) is 66.0 Å². The number of ether oxygens (including phenoxy) is 2. The molecule has 2 aliphatic rings. The number of aliphatic hydroxyl groups is 1. The summed E-state index contributed by atoms with van der Waals surface area (Å²) in [6.45, 7) is 8.18. The fourth-order valence-electron chi connectivity index (χ4n) is 4.65. The number of aromatic nitrogens is 3. The van der Waals surface area contributed by atoms with Gasteiger partial charge < -0.3 is 24.8 Å². The molecule has 0 aliphatic carbocycles. The second-order valence-electron chi connectivity index (χ2n) is 9.25. The lowest BCUT2D eigenvalue weighted by molar-refractivity contribution is 0.148. The Balaban J connectivity index is 1.44. The number of aryl methyl sites for hydroxylation is 1. The Hall–Kier alpha value is -3.53. The Morgan fingerprint density at radius 3 is 2.81 bits per heavy atom. The van der Waals surface area contributed by atoms with Crippen LogP contribution in [0, 0.1) is 6.92 Å². The van der Waals surface area contributed by atoms with Crippen LogP contribution in [0.3, 0.4) is 0 Å². The van der Waals surface area contributed by atoms with Gasteiger partial charge in [-0.3, -0.25) is 4.90 Å². The predicted octanol–water partition coefficient (Wildman–Crippen LogP) is 3.56. The van der Waals surface area contributed by atoms with Crippen molar-refractivity contribution < 1.29 is 14.6 Å². The molecule has 0 spiro atoms. The van der Waals surface area contributed by atoms with Gasteiger partial charge in [0, 0.05) is 73.7 Å². The SMILES string of the molecule is Cc1cnc2nc1-c1ccnc(c1)OCC/C=C/COCc1cc(ccc1N1CCN(CCO)CC1)N2. The van der Waals surface area contributed by atoms with E-state index in [9.17, 15) is 5.11 Å². The summed E-state index contributed by atoms with van der Waals surface area (Å²) >= 11 is 0. The fourth-order valence-corrected chi connectivity index (χ4v) is 4.65. The molecule has 37 heavy (non-hydrogen) atoms. The molecule has 1 aromatic carbocycles. The maximum Gasteiger partial charge on any atom is 0.227 e. The molecular weight excluding hydrogens is 468 g/mol. The summed E-state index contributed by atoms with van der Waals surface area (Å²) in [5, 5.41) is 12.7. The number of aliphatic hydroxyl groups excluding tert-OH is 1. The molecule has 5 rings (SSSR count). The molecular formula is C28H34N6O3. The van der Waals surface area contributed by atoms with E-state index in [1.807, 2.05) is 31.3 Å². The van der Waals surface area contributed by atoms with Gasteiger partial charge in [0.05, 0.1) is 32.1 Å². The van der Waals surface area contributed by atoms with Crippen molar-refractivity contribution >= 4 is 17.3 Å². The number of rotatable bonds is 3. The van der Waals surface area contributed by atoms with Crippen molar-refractivity contribution in [1.29, 1.82) is 0 Å². The molecule has 2 aliphatic heterocycles. The number of fused-ring (bicyclic) bond motifs is 7. The third-order valence-corrected chi connectivity index (χ3v) is 6.62. The highest BCUT2D eigenvalue weighted by atomic mass is 16.5. The number of nitrogens with one attached hydrogen (secondary N) is 1. The fraction of sp³-hybridized carbons (Fsp3) is 0.393. The van der Waals surface area contributed by atoms with Crippen molar-refractivity contribution in [2.24, 2.45) is 0 Å². The van der Waals surface area contributed by atoms with Crippen molar-refractivity contribution in [2.45, 2.75) is 20.0 Å². The molecule has 1 saturated heterocycles. The number of benzene rings is 1. The van der Waals surface area contributed by atoms with Gasteiger partial charge in [-0.2, -0.15) is 0 Å². The minimum atomic E-state index is 0.199. The van der Waals surface area contributed by atoms with Crippen LogP contribution in [0.15, 0.2) is 54.9 Å². The van der Waals surface area contributed by atoms with Crippen LogP contribution in [0.4, 0.5) is 17.3 Å². The van der Waals surface area contributed by atoms with Crippen molar-refractivity contribution in [1.82, 2.24) is 19.9 Å². The summed E-state index contributed by atoms with van der Waals surface area (Å²) in [5.41, 5.74) is 5.96. The van der Waals surface area contributed by atoms with Crippen LogP contribution in [-0.2, 0) is 11.3 Å². The first kappa shape index (κ1) is 25.1. The van der Waals surface area contributed by atoms with Crippen LogP contribution in [0.5, 0.6) is 5.88 Å². The average Bonchev–Trinajstić information content (AvgIpc) is 2.92. The van der Waals surface area contributed by atoms with Crippen LogP contribution >= 0.6 is 0 Å². The Bertz CT molecular complexity index is 1230. The number of anilines is 3. The first-order valence-electron chi connectivity index (χ1n) is 12.8. The Morgan fingerprint density at radius 2 is 1.95 bits per heavy atom. The molecule has 9 nitrogen and oxygen atoms in total. The Kier molecular flexibility index (Phi) is 8.25. The highest BCUT2D eigenvalue weighted by Crippen LogP contribution is 2.29. The molecule has 0 radical (unpaired) electrons. The number of hydrogen-bond acceptors (Lipinski definition) is 9. The van der Waals surface area contributed by atoms with Crippen LogP contribution in [0.1, 0.15) is 17.5 Å². The van der Waals surface area contributed by atoms with Gasteiger partial charge >= 0.3 is 0 Å². The van der Waals surface area contributed by atoms with Gasteiger partial charge in [0.2, 0.25) is 11.8 Å². The van der Waals surface area contributed by atoms with Gasteiger partial charge in [0.25, 0.3) is 0 Å². The monoisotopic (exact) mass is 502 g/mol. The van der Waals surface area contributed by atoms with Gasteiger partial charge in [0.1, 0.15) is 0 Å². The predicted molar refractivity (Wildman–Crippen MR) is 144 cm³/mol. The van der Waals surface area contributed by atoms with Crippen molar-refractivity contribution in [3.63, 3.8) is 0 Å². The number of hydrogen-bond donors (Lipinski definition) is 2. The second-order valence-corrected chi connectivity index (χ2v) is 9.25. The summed E-state index contributed by atoms with van der Waals surface area (Å²) in [7, 11) is 0. The van der Waals surface area contributed by atoms with E-state index in [0.29, 0.717) is 31.6 Å². The van der Waals surface area contributed by atoms with Crippen LogP contribution in [0.25, 0.3) is 11.3 Å². The summed E-state index contributed by atoms with van der Waals surface area (Å²) in [6.07, 6.45) is 8.46. The lowest BCUT2D eigenvalue weighted by Gasteiger charge is -2.36. The molecule has 1 fully saturated rings. The smallest absolute Gasteiger partial charge is 0.227 e. The lowest BCUT2D eigenvalue weighted by Crippen LogP contribution is -2.47.